The van der Waals surface area contributed by atoms with E-state index in [-0.39, 0.29) is 11.9 Å². The van der Waals surface area contributed by atoms with Crippen molar-refractivity contribution < 1.29 is 4.79 Å². The predicted octanol–water partition coefficient (Wildman–Crippen LogP) is 2.55. The number of aryl methyl sites for hydroxylation is 2. The van der Waals surface area contributed by atoms with Crippen molar-refractivity contribution in [2.24, 2.45) is 0 Å². The average molecular weight is 312 g/mol. The number of hydrogen-bond donors (Lipinski definition) is 1. The predicted molar refractivity (Wildman–Crippen MR) is 90.4 cm³/mol. The molecule has 1 saturated heterocycles. The lowest BCUT2D eigenvalue weighted by Gasteiger charge is -2.40. The third kappa shape index (κ3) is 3.01. The van der Waals surface area contributed by atoms with Gasteiger partial charge in [0, 0.05) is 37.6 Å². The molecular formula is C18H24N4O. The Morgan fingerprint density at radius 3 is 2.65 bits per heavy atom. The molecule has 1 unspecified atom stereocenters. The summed E-state index contributed by atoms with van der Waals surface area (Å²) in [5, 5.41) is 0. The zero-order chi connectivity index (χ0) is 16.4. The molecule has 1 amide bonds. The van der Waals surface area contributed by atoms with Gasteiger partial charge in [-0.2, -0.15) is 0 Å². The summed E-state index contributed by atoms with van der Waals surface area (Å²) in [4.78, 5) is 25.0. The van der Waals surface area contributed by atoms with Crippen molar-refractivity contribution in [3.05, 3.63) is 53.1 Å². The topological polar surface area (TPSA) is 52.2 Å². The van der Waals surface area contributed by atoms with Gasteiger partial charge in [-0.25, -0.2) is 4.98 Å². The van der Waals surface area contributed by atoms with Gasteiger partial charge in [-0.15, -0.1) is 0 Å². The lowest BCUT2D eigenvalue weighted by molar-refractivity contribution is 0.0478. The molecule has 0 radical (unpaired) electrons. The van der Waals surface area contributed by atoms with E-state index in [0.717, 1.165) is 42.1 Å². The molecule has 1 N–H and O–H groups in total. The number of rotatable bonds is 3. The largest absolute Gasteiger partial charge is 0.347 e. The van der Waals surface area contributed by atoms with E-state index in [1.807, 2.05) is 43.1 Å². The quantitative estimate of drug-likeness (QED) is 0.947. The zero-order valence-corrected chi connectivity index (χ0v) is 14.0. The van der Waals surface area contributed by atoms with E-state index in [9.17, 15) is 4.79 Å². The fourth-order valence-electron chi connectivity index (χ4n) is 3.41. The number of H-pyrrole nitrogens is 1. The number of carbonyl (C=O) groups is 1. The first-order valence-corrected chi connectivity index (χ1v) is 8.20. The van der Waals surface area contributed by atoms with Crippen molar-refractivity contribution >= 4 is 5.91 Å². The van der Waals surface area contributed by atoms with Gasteiger partial charge in [0.1, 0.15) is 5.82 Å². The van der Waals surface area contributed by atoms with E-state index in [0.29, 0.717) is 6.54 Å². The van der Waals surface area contributed by atoms with Crippen LogP contribution in [0.5, 0.6) is 0 Å². The van der Waals surface area contributed by atoms with E-state index < -0.39 is 0 Å². The lowest BCUT2D eigenvalue weighted by atomic mass is 10.0. The molecule has 1 aliphatic heterocycles. The number of piperazine rings is 1. The van der Waals surface area contributed by atoms with Gasteiger partial charge in [0.2, 0.25) is 0 Å². The maximum atomic E-state index is 13.0. The molecule has 5 heteroatoms. The highest BCUT2D eigenvalue weighted by Crippen LogP contribution is 2.25. The Morgan fingerprint density at radius 2 is 2.04 bits per heavy atom. The number of aromatic nitrogens is 2. The minimum atomic E-state index is 0.132. The molecule has 2 aromatic rings. The van der Waals surface area contributed by atoms with Crippen molar-refractivity contribution in [1.82, 2.24) is 19.8 Å². The molecule has 3 rings (SSSR count). The summed E-state index contributed by atoms with van der Waals surface area (Å²) in [7, 11) is 0. The van der Waals surface area contributed by atoms with Crippen LogP contribution in [0.2, 0.25) is 0 Å². The highest BCUT2D eigenvalue weighted by molar-refractivity contribution is 5.97. The van der Waals surface area contributed by atoms with Crippen LogP contribution in [0.15, 0.2) is 30.6 Å². The second-order valence-electron chi connectivity index (χ2n) is 6.14. The number of benzene rings is 1. The lowest BCUT2D eigenvalue weighted by Crippen LogP contribution is -2.50. The third-order valence-corrected chi connectivity index (χ3v) is 4.71. The number of nitrogens with one attached hydrogen (secondary N) is 1. The number of nitrogens with zero attached hydrogens (tertiary/aromatic N) is 3. The number of imidazole rings is 1. The Labute approximate surface area is 137 Å². The first-order valence-electron chi connectivity index (χ1n) is 8.20. The van der Waals surface area contributed by atoms with E-state index in [4.69, 9.17) is 0 Å². The Hall–Kier alpha value is -2.14. The van der Waals surface area contributed by atoms with Crippen LogP contribution in [0.3, 0.4) is 0 Å². The molecule has 0 aliphatic carbocycles. The highest BCUT2D eigenvalue weighted by Gasteiger charge is 2.32. The number of carbonyl (C=O) groups excluding carboxylic acids is 1. The summed E-state index contributed by atoms with van der Waals surface area (Å²) in [6, 6.07) is 6.15. The van der Waals surface area contributed by atoms with Crippen molar-refractivity contribution in [3.63, 3.8) is 0 Å². The molecule has 5 nitrogen and oxygen atoms in total. The number of amides is 1. The van der Waals surface area contributed by atoms with Crippen molar-refractivity contribution in [2.45, 2.75) is 26.8 Å². The first-order chi connectivity index (χ1) is 11.1. The van der Waals surface area contributed by atoms with Gasteiger partial charge < -0.3 is 9.88 Å². The number of likely N-dealkylation sites (N-methyl/N-ethyl adjacent to an activating group) is 1. The van der Waals surface area contributed by atoms with Crippen molar-refractivity contribution in [1.29, 1.82) is 0 Å². The first kappa shape index (κ1) is 15.7. The van der Waals surface area contributed by atoms with Gasteiger partial charge in [0.25, 0.3) is 5.91 Å². The average Bonchev–Trinajstić information content (AvgIpc) is 3.08. The maximum absolute atomic E-state index is 13.0. The van der Waals surface area contributed by atoms with Crippen molar-refractivity contribution in [3.8, 4) is 0 Å². The van der Waals surface area contributed by atoms with E-state index >= 15 is 0 Å². The number of aromatic amines is 1. The molecule has 1 aliphatic rings. The summed E-state index contributed by atoms with van der Waals surface area (Å²) in [6.45, 7) is 9.43. The van der Waals surface area contributed by atoms with Crippen LogP contribution in [0.1, 0.15) is 40.3 Å². The van der Waals surface area contributed by atoms with Crippen LogP contribution in [-0.2, 0) is 0 Å². The van der Waals surface area contributed by atoms with Crippen LogP contribution >= 0.6 is 0 Å². The highest BCUT2D eigenvalue weighted by atomic mass is 16.2. The van der Waals surface area contributed by atoms with Crippen LogP contribution < -0.4 is 0 Å². The Bertz CT molecular complexity index is 660. The van der Waals surface area contributed by atoms with E-state index in [1.54, 1.807) is 6.20 Å². The molecule has 0 bridgehead atoms. The van der Waals surface area contributed by atoms with Gasteiger partial charge in [0.05, 0.1) is 6.04 Å². The van der Waals surface area contributed by atoms with Gasteiger partial charge >= 0.3 is 0 Å². The fourth-order valence-corrected chi connectivity index (χ4v) is 3.41. The smallest absolute Gasteiger partial charge is 0.254 e. The summed E-state index contributed by atoms with van der Waals surface area (Å²) in [6.07, 6.45) is 3.62. The summed E-state index contributed by atoms with van der Waals surface area (Å²) >= 11 is 0. The number of hydrogen-bond acceptors (Lipinski definition) is 3. The Kier molecular flexibility index (Phi) is 4.48. The van der Waals surface area contributed by atoms with Crippen LogP contribution in [0, 0.1) is 13.8 Å². The fraction of sp³-hybridized carbons (Fsp3) is 0.444. The molecule has 2 heterocycles. The van der Waals surface area contributed by atoms with Crippen molar-refractivity contribution in [2.75, 3.05) is 26.2 Å². The van der Waals surface area contributed by atoms with Crippen LogP contribution in [0.25, 0.3) is 0 Å². The standard InChI is InChI=1S/C18H24N4O/c1-4-21-10-11-22(12-15(21)17-19-8-9-20-17)18(23)16-13(2)6-5-7-14(16)3/h5-9,15H,4,10-12H2,1-3H3,(H,19,20). The molecule has 1 aromatic heterocycles. The molecule has 23 heavy (non-hydrogen) atoms. The van der Waals surface area contributed by atoms with Crippen LogP contribution in [-0.4, -0.2) is 51.9 Å². The summed E-state index contributed by atoms with van der Waals surface area (Å²) in [5.41, 5.74) is 2.93. The third-order valence-electron chi connectivity index (χ3n) is 4.71. The van der Waals surface area contributed by atoms with Gasteiger partial charge in [-0.05, 0) is 31.5 Å². The minimum absolute atomic E-state index is 0.132. The molecule has 0 saturated carbocycles. The second kappa shape index (κ2) is 6.54. The molecule has 1 fully saturated rings. The molecular weight excluding hydrogens is 288 g/mol. The normalized spacial score (nSPS) is 19.1. The molecule has 0 spiro atoms. The molecule has 1 atom stereocenters. The van der Waals surface area contributed by atoms with Crippen LogP contribution in [0.4, 0.5) is 0 Å². The maximum Gasteiger partial charge on any atom is 0.254 e. The van der Waals surface area contributed by atoms with Gasteiger partial charge in [0.15, 0.2) is 0 Å². The Balaban J connectivity index is 1.85. The minimum Gasteiger partial charge on any atom is -0.347 e. The monoisotopic (exact) mass is 312 g/mol. The second-order valence-corrected chi connectivity index (χ2v) is 6.14. The molecule has 1 aromatic carbocycles. The van der Waals surface area contributed by atoms with Gasteiger partial charge in [-0.1, -0.05) is 25.1 Å². The van der Waals surface area contributed by atoms with E-state index in [2.05, 4.69) is 21.8 Å². The molecule has 122 valence electrons. The van der Waals surface area contributed by atoms with Gasteiger partial charge in [-0.3, -0.25) is 9.69 Å². The Morgan fingerprint density at radius 1 is 1.30 bits per heavy atom. The SMILES string of the molecule is CCN1CCN(C(=O)c2c(C)cccc2C)CC1c1ncc[nH]1. The zero-order valence-electron chi connectivity index (χ0n) is 14.0. The van der Waals surface area contributed by atoms with E-state index in [1.165, 1.54) is 0 Å². The summed E-state index contributed by atoms with van der Waals surface area (Å²) in [5.74, 6) is 1.07. The summed E-state index contributed by atoms with van der Waals surface area (Å²) < 4.78 is 0.